The molecule has 1 atom stereocenters. The number of hydrogen-bond donors (Lipinski definition) is 1. The molecule has 3 aromatic heterocycles. The summed E-state index contributed by atoms with van der Waals surface area (Å²) in [5.74, 6) is 0.415. The zero-order valence-corrected chi connectivity index (χ0v) is 20.6. The number of fused-ring (bicyclic) bond motifs is 1. The van der Waals surface area contributed by atoms with E-state index in [0.29, 0.717) is 12.2 Å². The van der Waals surface area contributed by atoms with Crippen molar-refractivity contribution in [2.45, 2.75) is 44.9 Å². The molecule has 1 saturated carbocycles. The van der Waals surface area contributed by atoms with Gasteiger partial charge in [0.05, 0.1) is 34.0 Å². The molecule has 0 radical (unpaired) electrons. The number of hydrogen-bond acceptors (Lipinski definition) is 6. The topological polar surface area (TPSA) is 82.5 Å². The highest BCUT2D eigenvalue weighted by Gasteiger charge is 2.14. The summed E-state index contributed by atoms with van der Waals surface area (Å²) in [5, 5.41) is 12.5. The third kappa shape index (κ3) is 5.15. The smallest absolute Gasteiger partial charge is 0.146 e. The van der Waals surface area contributed by atoms with Gasteiger partial charge in [0.2, 0.25) is 0 Å². The van der Waals surface area contributed by atoms with Crippen LogP contribution in [0.2, 0.25) is 0 Å². The average Bonchev–Trinajstić information content (AvgIpc) is 3.36. The van der Waals surface area contributed by atoms with Gasteiger partial charge in [0.1, 0.15) is 5.82 Å². The van der Waals surface area contributed by atoms with E-state index < -0.39 is 0 Å². The lowest BCUT2D eigenvalue weighted by Gasteiger charge is -2.05. The van der Waals surface area contributed by atoms with Crippen LogP contribution in [0.1, 0.15) is 44.9 Å². The second kappa shape index (κ2) is 10.6. The van der Waals surface area contributed by atoms with Gasteiger partial charge < -0.3 is 5.73 Å². The minimum absolute atomic E-state index is 0.415. The van der Waals surface area contributed by atoms with E-state index in [4.69, 9.17) is 5.73 Å². The van der Waals surface area contributed by atoms with Crippen molar-refractivity contribution in [3.63, 3.8) is 0 Å². The van der Waals surface area contributed by atoms with Crippen LogP contribution in [-0.2, 0) is 0 Å². The van der Waals surface area contributed by atoms with Gasteiger partial charge in [-0.15, -0.1) is 21.5 Å². The van der Waals surface area contributed by atoms with Gasteiger partial charge in [0.25, 0.3) is 0 Å². The average molecular weight is 550 g/mol. The molecule has 9 heteroatoms. The lowest BCUT2D eigenvalue weighted by atomic mass is 10.0. The molecule has 3 heterocycles. The SMILES string of the molecule is C1CCCCCC1.Nc1ccc(-c2ccc(-c3cnn(PI)c3)c3ncsc23)nn1. The van der Waals surface area contributed by atoms with E-state index in [2.05, 4.69) is 54.5 Å². The summed E-state index contributed by atoms with van der Waals surface area (Å²) >= 11 is 3.90. The predicted molar refractivity (Wildman–Crippen MR) is 136 cm³/mol. The number of thiazole rings is 1. The third-order valence-electron chi connectivity index (χ3n) is 5.18. The number of nitrogens with two attached hydrogens (primary N) is 1. The van der Waals surface area contributed by atoms with Crippen LogP contribution in [0.15, 0.2) is 42.2 Å². The first kappa shape index (κ1) is 21.6. The van der Waals surface area contributed by atoms with Gasteiger partial charge in [-0.05, 0) is 34.2 Å². The van der Waals surface area contributed by atoms with Crippen molar-refractivity contribution in [2.24, 2.45) is 0 Å². The molecule has 30 heavy (non-hydrogen) atoms. The zero-order chi connectivity index (χ0) is 20.8. The molecule has 0 bridgehead atoms. The highest BCUT2D eigenvalue weighted by Crippen LogP contribution is 2.37. The van der Waals surface area contributed by atoms with Gasteiger partial charge in [0.15, 0.2) is 0 Å². The van der Waals surface area contributed by atoms with E-state index in [-0.39, 0.29) is 0 Å². The summed E-state index contributed by atoms with van der Waals surface area (Å²) in [6.45, 7) is 0. The molecule has 0 amide bonds. The maximum Gasteiger partial charge on any atom is 0.146 e. The number of rotatable bonds is 3. The number of nitrogen functional groups attached to an aromatic ring is 1. The van der Waals surface area contributed by atoms with Crippen LogP contribution in [0.3, 0.4) is 0 Å². The Hall–Kier alpha value is -1.64. The molecule has 1 unspecified atom stereocenters. The lowest BCUT2D eigenvalue weighted by Crippen LogP contribution is -1.94. The fourth-order valence-corrected chi connectivity index (χ4v) is 5.53. The molecule has 1 aliphatic rings. The molecule has 1 fully saturated rings. The molecule has 4 aromatic rings. The van der Waals surface area contributed by atoms with E-state index in [1.54, 1.807) is 17.4 Å². The number of anilines is 1. The van der Waals surface area contributed by atoms with Crippen molar-refractivity contribution < 1.29 is 0 Å². The predicted octanol–water partition coefficient (Wildman–Crippen LogP) is 6.72. The normalized spacial score (nSPS) is 14.6. The first-order valence-corrected chi connectivity index (χ1v) is 15.1. The Bertz CT molecular complexity index is 1070. The number of benzene rings is 1. The monoisotopic (exact) mass is 550 g/mol. The van der Waals surface area contributed by atoms with Gasteiger partial charge in [-0.3, -0.25) is 0 Å². The van der Waals surface area contributed by atoms with Crippen LogP contribution in [0.4, 0.5) is 5.82 Å². The van der Waals surface area contributed by atoms with Crippen LogP contribution < -0.4 is 5.73 Å². The largest absolute Gasteiger partial charge is 0.382 e. The minimum Gasteiger partial charge on any atom is -0.382 e. The van der Waals surface area contributed by atoms with Crippen molar-refractivity contribution >= 4 is 55.8 Å². The molecule has 0 spiro atoms. The quantitative estimate of drug-likeness (QED) is 0.174. The molecule has 2 N–H and O–H groups in total. The Kier molecular flexibility index (Phi) is 7.62. The van der Waals surface area contributed by atoms with Crippen molar-refractivity contribution in [3.8, 4) is 22.4 Å². The van der Waals surface area contributed by atoms with Crippen molar-refractivity contribution in [1.82, 2.24) is 24.7 Å². The van der Waals surface area contributed by atoms with Crippen LogP contribution in [0.5, 0.6) is 0 Å². The number of aromatic nitrogens is 5. The van der Waals surface area contributed by atoms with Crippen molar-refractivity contribution in [3.05, 3.63) is 42.2 Å². The molecule has 0 saturated heterocycles. The van der Waals surface area contributed by atoms with E-state index in [1.807, 2.05) is 28.4 Å². The Morgan fingerprint density at radius 1 is 0.933 bits per heavy atom. The molecule has 1 aromatic carbocycles. The first-order chi connectivity index (χ1) is 14.8. The minimum atomic E-state index is 0.415. The Labute approximate surface area is 195 Å². The van der Waals surface area contributed by atoms with Gasteiger partial charge >= 0.3 is 0 Å². The van der Waals surface area contributed by atoms with E-state index in [0.717, 1.165) is 32.6 Å². The highest BCUT2D eigenvalue weighted by atomic mass is 127. The van der Waals surface area contributed by atoms with Gasteiger partial charge in [-0.2, -0.15) is 5.10 Å². The van der Waals surface area contributed by atoms with Crippen LogP contribution in [-0.4, -0.2) is 24.7 Å². The van der Waals surface area contributed by atoms with E-state index in [1.165, 1.54) is 44.9 Å². The Morgan fingerprint density at radius 2 is 1.63 bits per heavy atom. The van der Waals surface area contributed by atoms with Gasteiger partial charge in [-0.25, -0.2) is 9.44 Å². The van der Waals surface area contributed by atoms with Crippen molar-refractivity contribution in [1.29, 1.82) is 0 Å². The fourth-order valence-electron chi connectivity index (χ4n) is 3.62. The Morgan fingerprint density at radius 3 is 2.23 bits per heavy atom. The second-order valence-corrected chi connectivity index (χ2v) is 10.2. The van der Waals surface area contributed by atoms with Crippen LogP contribution in [0, 0.1) is 0 Å². The second-order valence-electron chi connectivity index (χ2n) is 7.27. The first-order valence-electron chi connectivity index (χ1n) is 10.1. The summed E-state index contributed by atoms with van der Waals surface area (Å²) in [5.41, 5.74) is 12.4. The third-order valence-corrected chi connectivity index (χ3v) is 7.94. The molecule has 0 aliphatic heterocycles. The number of halogens is 1. The summed E-state index contributed by atoms with van der Waals surface area (Å²) in [6.07, 6.45) is 15.0. The molecule has 1 aliphatic carbocycles. The zero-order valence-electron chi connectivity index (χ0n) is 16.6. The molecule has 6 nitrogen and oxygen atoms in total. The molecular weight excluding hydrogens is 526 g/mol. The Balaban J connectivity index is 0.000000265. The highest BCUT2D eigenvalue weighted by molar-refractivity contribution is 14.2. The van der Waals surface area contributed by atoms with Gasteiger partial charge in [0, 0.05) is 22.9 Å². The number of nitrogens with zero attached hydrogens (tertiary/aromatic N) is 5. The standard InChI is InChI=1S/C14H10IN6PS.C7H14/c15-22-21-6-8(5-18-21)9-1-2-10(14-13(9)17-7-23-14)11-3-4-12(16)20-19-11;1-2-4-6-7-5-3-1/h1-7,22H,(H2,16,20);1-7H2. The molecular formula is C21H24IN6PS. The summed E-state index contributed by atoms with van der Waals surface area (Å²) in [6, 6.07) is 7.76. The fraction of sp³-hybridized carbons (Fsp3) is 0.333. The van der Waals surface area contributed by atoms with E-state index in [9.17, 15) is 0 Å². The summed E-state index contributed by atoms with van der Waals surface area (Å²) in [7, 11) is 0. The van der Waals surface area contributed by atoms with E-state index >= 15 is 0 Å². The maximum atomic E-state index is 5.62. The van der Waals surface area contributed by atoms with Gasteiger partial charge in [-0.1, -0.05) is 57.1 Å². The van der Waals surface area contributed by atoms with Crippen molar-refractivity contribution in [2.75, 3.05) is 5.73 Å². The van der Waals surface area contributed by atoms with Crippen LogP contribution in [0.25, 0.3) is 32.6 Å². The van der Waals surface area contributed by atoms with Crippen LogP contribution >= 0.6 is 39.8 Å². The lowest BCUT2D eigenvalue weighted by molar-refractivity contribution is 0.702. The summed E-state index contributed by atoms with van der Waals surface area (Å²) in [4.78, 5) is 4.54. The molecule has 5 rings (SSSR count). The summed E-state index contributed by atoms with van der Waals surface area (Å²) < 4.78 is 3.01. The molecule has 156 valence electrons. The maximum absolute atomic E-state index is 5.62.